The van der Waals surface area contributed by atoms with Crippen molar-refractivity contribution in [2.24, 2.45) is 0 Å². The first-order chi connectivity index (χ1) is 7.69. The molecule has 0 aliphatic heterocycles. The lowest BCUT2D eigenvalue weighted by Crippen LogP contribution is -1.85. The van der Waals surface area contributed by atoms with Crippen molar-refractivity contribution in [2.75, 3.05) is 12.4 Å². The lowest BCUT2D eigenvalue weighted by molar-refractivity contribution is 1.19. The van der Waals surface area contributed by atoms with Crippen LogP contribution in [0.5, 0.6) is 0 Å². The maximum Gasteiger partial charge on any atom is 0.183 e. The molecule has 1 aromatic carbocycles. The Balaban J connectivity index is 2.23. The number of rotatable bonds is 3. The van der Waals surface area contributed by atoms with Crippen molar-refractivity contribution in [2.45, 2.75) is 6.42 Å². The molecule has 5 heteroatoms. The zero-order valence-corrected chi connectivity index (χ0v) is 11.8. The molecular formula is C11H10BrClN2S. The molecule has 0 aliphatic rings. The van der Waals surface area contributed by atoms with E-state index in [4.69, 9.17) is 11.6 Å². The summed E-state index contributed by atoms with van der Waals surface area (Å²) >= 11 is 11.1. The van der Waals surface area contributed by atoms with Crippen LogP contribution in [0.1, 0.15) is 10.4 Å². The van der Waals surface area contributed by atoms with E-state index >= 15 is 0 Å². The van der Waals surface area contributed by atoms with Crippen molar-refractivity contribution in [1.82, 2.24) is 4.98 Å². The van der Waals surface area contributed by atoms with Crippen LogP contribution in [0.25, 0.3) is 0 Å². The van der Waals surface area contributed by atoms with E-state index in [1.165, 1.54) is 10.4 Å². The molecule has 1 heterocycles. The lowest BCUT2D eigenvalue weighted by atomic mass is 10.1. The number of nitrogens with one attached hydrogen (secondary N) is 1. The minimum absolute atomic E-state index is 0.770. The number of halogens is 2. The van der Waals surface area contributed by atoms with Gasteiger partial charge in [0.25, 0.3) is 0 Å². The highest BCUT2D eigenvalue weighted by molar-refractivity contribution is 9.10. The average molecular weight is 318 g/mol. The SMILES string of the molecule is CNc1nc(Br)c(Cc2cccc(Cl)c2)s1. The predicted molar refractivity (Wildman–Crippen MR) is 73.6 cm³/mol. The molecule has 0 saturated heterocycles. The van der Waals surface area contributed by atoms with E-state index < -0.39 is 0 Å². The van der Waals surface area contributed by atoms with Crippen molar-refractivity contribution < 1.29 is 0 Å². The summed E-state index contributed by atoms with van der Waals surface area (Å²) in [5, 5.41) is 4.73. The molecule has 84 valence electrons. The fourth-order valence-corrected chi connectivity index (χ4v) is 3.11. The van der Waals surface area contributed by atoms with Gasteiger partial charge in [-0.3, -0.25) is 0 Å². The molecule has 0 unspecified atom stereocenters. The van der Waals surface area contributed by atoms with Crippen LogP contribution in [0.4, 0.5) is 5.13 Å². The number of aromatic nitrogens is 1. The highest BCUT2D eigenvalue weighted by Gasteiger charge is 2.08. The Morgan fingerprint density at radius 2 is 2.31 bits per heavy atom. The van der Waals surface area contributed by atoms with E-state index in [1.54, 1.807) is 11.3 Å². The van der Waals surface area contributed by atoms with Gasteiger partial charge < -0.3 is 5.32 Å². The number of nitrogens with zero attached hydrogens (tertiary/aromatic N) is 1. The number of benzene rings is 1. The smallest absolute Gasteiger partial charge is 0.183 e. The number of hydrogen-bond donors (Lipinski definition) is 1. The summed E-state index contributed by atoms with van der Waals surface area (Å²) in [6.07, 6.45) is 0.848. The van der Waals surface area contributed by atoms with Gasteiger partial charge in [-0.2, -0.15) is 0 Å². The van der Waals surface area contributed by atoms with Gasteiger partial charge in [0.05, 0.1) is 0 Å². The third kappa shape index (κ3) is 2.75. The van der Waals surface area contributed by atoms with Gasteiger partial charge in [-0.25, -0.2) is 4.98 Å². The Bertz CT molecular complexity index is 498. The Hall–Kier alpha value is -0.580. The van der Waals surface area contributed by atoms with Crippen molar-refractivity contribution >= 4 is 44.0 Å². The fourth-order valence-electron chi connectivity index (χ4n) is 1.38. The van der Waals surface area contributed by atoms with Crippen molar-refractivity contribution in [3.63, 3.8) is 0 Å². The van der Waals surface area contributed by atoms with Gasteiger partial charge >= 0.3 is 0 Å². The third-order valence-corrected chi connectivity index (χ3v) is 4.34. The number of thiazole rings is 1. The first kappa shape index (κ1) is 11.9. The summed E-state index contributed by atoms with van der Waals surface area (Å²) < 4.78 is 0.904. The fraction of sp³-hybridized carbons (Fsp3) is 0.182. The summed E-state index contributed by atoms with van der Waals surface area (Å²) in [5.41, 5.74) is 1.19. The normalized spacial score (nSPS) is 10.4. The summed E-state index contributed by atoms with van der Waals surface area (Å²) in [6, 6.07) is 7.89. The molecule has 2 rings (SSSR count). The molecule has 0 bridgehead atoms. The summed E-state index contributed by atoms with van der Waals surface area (Å²) in [6.45, 7) is 0. The first-order valence-corrected chi connectivity index (χ1v) is 6.75. The van der Waals surface area contributed by atoms with Gasteiger partial charge in [0.2, 0.25) is 0 Å². The minimum Gasteiger partial charge on any atom is -0.365 e. The molecule has 0 atom stereocenters. The first-order valence-electron chi connectivity index (χ1n) is 4.76. The van der Waals surface area contributed by atoms with Gasteiger partial charge in [0.1, 0.15) is 4.60 Å². The van der Waals surface area contributed by atoms with E-state index in [2.05, 4.69) is 32.3 Å². The van der Waals surface area contributed by atoms with E-state index in [9.17, 15) is 0 Å². The lowest BCUT2D eigenvalue weighted by Gasteiger charge is -1.99. The third-order valence-electron chi connectivity index (χ3n) is 2.12. The van der Waals surface area contributed by atoms with Crippen LogP contribution in [0.3, 0.4) is 0 Å². The zero-order chi connectivity index (χ0) is 11.5. The van der Waals surface area contributed by atoms with Gasteiger partial charge in [-0.15, -0.1) is 11.3 Å². The molecule has 0 saturated carbocycles. The second-order valence-electron chi connectivity index (χ2n) is 3.29. The summed E-state index contributed by atoms with van der Waals surface area (Å²) in [4.78, 5) is 5.54. The Kier molecular flexibility index (Phi) is 3.84. The standard InChI is InChI=1S/C11H10BrClN2S/c1-14-11-15-10(12)9(16-11)6-7-3-2-4-8(13)5-7/h2-5H,6H2,1H3,(H,14,15). The molecule has 1 N–H and O–H groups in total. The molecule has 2 nitrogen and oxygen atoms in total. The number of hydrogen-bond acceptors (Lipinski definition) is 3. The van der Waals surface area contributed by atoms with Crippen molar-refractivity contribution in [3.05, 3.63) is 44.3 Å². The van der Waals surface area contributed by atoms with Gasteiger partial charge in [-0.1, -0.05) is 23.7 Å². The van der Waals surface area contributed by atoms with Gasteiger partial charge in [0.15, 0.2) is 5.13 Å². The molecule has 0 spiro atoms. The van der Waals surface area contributed by atoms with Crippen molar-refractivity contribution in [1.29, 1.82) is 0 Å². The molecular weight excluding hydrogens is 308 g/mol. The monoisotopic (exact) mass is 316 g/mol. The largest absolute Gasteiger partial charge is 0.365 e. The molecule has 0 aliphatic carbocycles. The molecule has 0 amide bonds. The average Bonchev–Trinajstić information content (AvgIpc) is 2.60. The van der Waals surface area contributed by atoms with E-state index in [0.29, 0.717) is 0 Å². The van der Waals surface area contributed by atoms with Crippen LogP contribution >= 0.6 is 38.9 Å². The zero-order valence-electron chi connectivity index (χ0n) is 8.63. The van der Waals surface area contributed by atoms with E-state index in [-0.39, 0.29) is 0 Å². The minimum atomic E-state index is 0.770. The Morgan fingerprint density at radius 3 is 2.94 bits per heavy atom. The molecule has 16 heavy (non-hydrogen) atoms. The second-order valence-corrected chi connectivity index (χ2v) is 5.56. The van der Waals surface area contributed by atoms with E-state index in [1.807, 2.05) is 25.2 Å². The highest BCUT2D eigenvalue weighted by atomic mass is 79.9. The van der Waals surface area contributed by atoms with Crippen LogP contribution < -0.4 is 5.32 Å². The van der Waals surface area contributed by atoms with Gasteiger partial charge in [0, 0.05) is 23.4 Å². The molecule has 2 aromatic rings. The van der Waals surface area contributed by atoms with Crippen LogP contribution in [-0.4, -0.2) is 12.0 Å². The quantitative estimate of drug-likeness (QED) is 0.918. The van der Waals surface area contributed by atoms with Crippen molar-refractivity contribution in [3.8, 4) is 0 Å². The van der Waals surface area contributed by atoms with Crippen LogP contribution in [-0.2, 0) is 6.42 Å². The second kappa shape index (κ2) is 5.17. The highest BCUT2D eigenvalue weighted by Crippen LogP contribution is 2.29. The number of anilines is 1. The maximum atomic E-state index is 5.95. The Labute approximate surface area is 112 Å². The topological polar surface area (TPSA) is 24.9 Å². The van der Waals surface area contributed by atoms with Crippen LogP contribution in [0.2, 0.25) is 5.02 Å². The molecule has 0 radical (unpaired) electrons. The van der Waals surface area contributed by atoms with Crippen LogP contribution in [0, 0.1) is 0 Å². The Morgan fingerprint density at radius 1 is 1.50 bits per heavy atom. The van der Waals surface area contributed by atoms with Crippen LogP contribution in [0.15, 0.2) is 28.9 Å². The maximum absolute atomic E-state index is 5.95. The summed E-state index contributed by atoms with van der Waals surface area (Å²) in [5.74, 6) is 0. The van der Waals surface area contributed by atoms with E-state index in [0.717, 1.165) is 21.2 Å². The predicted octanol–water partition coefficient (Wildman–Crippen LogP) is 4.19. The molecule has 1 aromatic heterocycles. The van der Waals surface area contributed by atoms with Gasteiger partial charge in [-0.05, 0) is 33.6 Å². The summed E-state index contributed by atoms with van der Waals surface area (Å²) in [7, 11) is 1.87. The molecule has 0 fully saturated rings.